The van der Waals surface area contributed by atoms with E-state index < -0.39 is 34.9 Å². The van der Waals surface area contributed by atoms with Gasteiger partial charge in [-0.2, -0.15) is 43.6 Å². The van der Waals surface area contributed by atoms with Gasteiger partial charge in [0.2, 0.25) is 0 Å². The Labute approximate surface area is 276 Å². The first-order valence-electron chi connectivity index (χ1n) is 13.6. The zero-order valence-electron chi connectivity index (χ0n) is 23.5. The summed E-state index contributed by atoms with van der Waals surface area (Å²) in [6.45, 7) is 0. The largest absolute Gasteiger partial charge is 2.00 e. The van der Waals surface area contributed by atoms with E-state index in [9.17, 15) is 30.7 Å². The fourth-order valence-corrected chi connectivity index (χ4v) is 5.35. The summed E-state index contributed by atoms with van der Waals surface area (Å²) in [5.74, 6) is 0.302. The van der Waals surface area contributed by atoms with Crippen LogP contribution in [-0.4, -0.2) is 19.3 Å². The molecule has 0 atom stereocenters. The molecule has 0 amide bonds. The molecule has 3 heterocycles. The monoisotopic (exact) mass is 825 g/mol. The van der Waals surface area contributed by atoms with Crippen LogP contribution >= 0.6 is 0 Å². The summed E-state index contributed by atoms with van der Waals surface area (Å²) in [6, 6.07) is 26.3. The average molecular weight is 826 g/mol. The average Bonchev–Trinajstić information content (AvgIpc) is 3.63. The van der Waals surface area contributed by atoms with E-state index in [1.54, 1.807) is 22.8 Å². The molecule has 0 saturated carbocycles. The second-order valence-electron chi connectivity index (χ2n) is 10.2. The fraction of sp³-hybridized carbons (Fsp3) is 0.0588. The number of benzene rings is 4. The minimum atomic E-state index is -5.04. The Balaban J connectivity index is 0.00000386. The van der Waals surface area contributed by atoms with Crippen molar-refractivity contribution in [3.05, 3.63) is 133 Å². The van der Waals surface area contributed by atoms with Crippen molar-refractivity contribution in [1.29, 1.82) is 0 Å². The van der Waals surface area contributed by atoms with Crippen molar-refractivity contribution >= 4 is 21.8 Å². The Kier molecular flexibility index (Phi) is 8.17. The Hall–Kier alpha value is -4.96. The van der Waals surface area contributed by atoms with E-state index in [0.717, 1.165) is 39.4 Å². The number of rotatable bonds is 5. The van der Waals surface area contributed by atoms with Gasteiger partial charge in [0.1, 0.15) is 11.6 Å². The van der Waals surface area contributed by atoms with Gasteiger partial charge in [-0.25, -0.2) is 9.37 Å². The van der Waals surface area contributed by atoms with E-state index in [1.165, 1.54) is 24.4 Å². The molecule has 0 aliphatic carbocycles. The first-order valence-corrected chi connectivity index (χ1v) is 13.6. The molecule has 0 spiro atoms. The number of nitrogens with zero attached hydrogens (tertiary/aromatic N) is 4. The Bertz CT molecular complexity index is 2220. The summed E-state index contributed by atoms with van der Waals surface area (Å²) >= 11 is 0. The molecule has 0 aliphatic heterocycles. The van der Waals surface area contributed by atoms with Crippen molar-refractivity contribution in [3.8, 4) is 34.1 Å². The smallest absolute Gasteiger partial charge is 0.509 e. The second kappa shape index (κ2) is 12.0. The molecule has 0 saturated heterocycles. The summed E-state index contributed by atoms with van der Waals surface area (Å²) in [4.78, 5) is 4.32. The molecule has 0 radical (unpaired) electrons. The topological polar surface area (TPSA) is 44.9 Å². The van der Waals surface area contributed by atoms with Gasteiger partial charge in [0, 0.05) is 46.6 Å². The summed E-state index contributed by atoms with van der Waals surface area (Å²) in [5.41, 5.74) is -2.73. The van der Waals surface area contributed by atoms with E-state index in [0.29, 0.717) is 23.5 Å². The molecule has 0 N–H and O–H groups in total. The van der Waals surface area contributed by atoms with Gasteiger partial charge in [0.25, 0.3) is 0 Å². The Morgan fingerprint density at radius 3 is 2.15 bits per heavy atom. The van der Waals surface area contributed by atoms with Crippen LogP contribution in [-0.2, 0) is 33.4 Å². The van der Waals surface area contributed by atoms with Crippen LogP contribution in [0.4, 0.5) is 30.7 Å². The molecular formula is C34H17F7N4OPt. The van der Waals surface area contributed by atoms with Gasteiger partial charge >= 0.3 is 33.4 Å². The van der Waals surface area contributed by atoms with Gasteiger partial charge in [-0.15, -0.1) is 35.7 Å². The van der Waals surface area contributed by atoms with Crippen molar-refractivity contribution in [3.63, 3.8) is 0 Å². The maximum Gasteiger partial charge on any atom is 2.00 e. The van der Waals surface area contributed by atoms with Crippen LogP contribution in [0.3, 0.4) is 0 Å². The summed E-state index contributed by atoms with van der Waals surface area (Å²) < 4.78 is 106. The molecule has 13 heteroatoms. The molecule has 7 aromatic rings. The van der Waals surface area contributed by atoms with Gasteiger partial charge in [0.05, 0.1) is 17.3 Å². The third-order valence-corrected chi connectivity index (χ3v) is 7.26. The molecular weight excluding hydrogens is 808 g/mol. The Morgan fingerprint density at radius 1 is 0.723 bits per heavy atom. The van der Waals surface area contributed by atoms with Crippen molar-refractivity contribution in [1.82, 2.24) is 19.3 Å². The van der Waals surface area contributed by atoms with Gasteiger partial charge in [-0.3, -0.25) is 4.68 Å². The number of aromatic nitrogens is 4. The van der Waals surface area contributed by atoms with E-state index >= 15 is 0 Å². The van der Waals surface area contributed by atoms with Crippen LogP contribution in [0.25, 0.3) is 44.4 Å². The summed E-state index contributed by atoms with van der Waals surface area (Å²) in [6.07, 6.45) is -6.71. The number of ether oxygens (including phenoxy) is 1. The van der Waals surface area contributed by atoms with Gasteiger partial charge in [-0.05, 0) is 35.3 Å². The van der Waals surface area contributed by atoms with Crippen molar-refractivity contribution in [2.75, 3.05) is 0 Å². The van der Waals surface area contributed by atoms with Crippen molar-refractivity contribution in [2.24, 2.45) is 0 Å². The molecule has 0 bridgehead atoms. The van der Waals surface area contributed by atoms with Crippen LogP contribution in [0.15, 0.2) is 104 Å². The predicted molar refractivity (Wildman–Crippen MR) is 155 cm³/mol. The molecule has 47 heavy (non-hydrogen) atoms. The molecule has 238 valence electrons. The first-order chi connectivity index (χ1) is 22.0. The molecule has 0 unspecified atom stereocenters. The quantitative estimate of drug-likeness (QED) is 0.128. The van der Waals surface area contributed by atoms with Gasteiger partial charge in [0.15, 0.2) is 0 Å². The number of halogens is 7. The second-order valence-corrected chi connectivity index (χ2v) is 10.2. The maximum atomic E-state index is 14.1. The van der Waals surface area contributed by atoms with Crippen LogP contribution in [0.2, 0.25) is 0 Å². The number of hydrogen-bond donors (Lipinski definition) is 0. The predicted octanol–water partition coefficient (Wildman–Crippen LogP) is 9.60. The van der Waals surface area contributed by atoms with Crippen molar-refractivity contribution in [2.45, 2.75) is 12.4 Å². The summed E-state index contributed by atoms with van der Waals surface area (Å²) in [7, 11) is 0. The Morgan fingerprint density at radius 2 is 1.43 bits per heavy atom. The fourth-order valence-electron chi connectivity index (χ4n) is 5.35. The van der Waals surface area contributed by atoms with Crippen LogP contribution < -0.4 is 4.74 Å². The summed E-state index contributed by atoms with van der Waals surface area (Å²) in [5, 5.41) is 5.72. The standard InChI is InChI=1S/C34H17F7N4O.Pt/c35-21-13-14-42-31(15-21)45-29-10-2-1-7-25(29)26-12-11-24(17-30(26)45)46-23-6-3-5-22(16-23)44-19-20(18-43-44)32-27(33(36,37)38)8-4-9-28(32)34(39,40)41;/h1-15,18-19H;/q-2;+2. The minimum absolute atomic E-state index is 0. The molecule has 0 fully saturated rings. The molecule has 5 nitrogen and oxygen atoms in total. The molecule has 7 rings (SSSR count). The van der Waals surface area contributed by atoms with Crippen LogP contribution in [0, 0.1) is 17.9 Å². The first kappa shape index (κ1) is 32.0. The molecule has 3 aromatic heterocycles. The van der Waals surface area contributed by atoms with Gasteiger partial charge in [-0.1, -0.05) is 29.8 Å². The van der Waals surface area contributed by atoms with E-state index in [-0.39, 0.29) is 43.8 Å². The van der Waals surface area contributed by atoms with E-state index in [2.05, 4.69) is 22.2 Å². The zero-order valence-corrected chi connectivity index (χ0v) is 25.7. The van der Waals surface area contributed by atoms with Gasteiger partial charge < -0.3 is 9.30 Å². The zero-order chi connectivity index (χ0) is 32.2. The number of fused-ring (bicyclic) bond motifs is 3. The number of para-hydroxylation sites is 1. The SMILES string of the molecule is Fc1ccnc(-n2c3[c-]c(Oc4[c-]c(-n5cc(-c6c(C(F)(F)F)cccc6C(F)(F)F)cn5)ccc4)ccc3c3ccccc32)c1.[Pt+2]. The molecule has 0 aliphatic rings. The maximum absolute atomic E-state index is 14.1. The van der Waals surface area contributed by atoms with E-state index in [4.69, 9.17) is 4.74 Å². The van der Waals surface area contributed by atoms with E-state index in [1.807, 2.05) is 30.3 Å². The minimum Gasteiger partial charge on any atom is -0.509 e. The van der Waals surface area contributed by atoms with Crippen LogP contribution in [0.5, 0.6) is 11.5 Å². The molecule has 4 aromatic carbocycles. The third kappa shape index (κ3) is 6.01. The van der Waals surface area contributed by atoms with Crippen molar-refractivity contribution < 1.29 is 56.5 Å². The normalized spacial score (nSPS) is 12.0. The number of pyridine rings is 1. The van der Waals surface area contributed by atoms with Crippen LogP contribution in [0.1, 0.15) is 11.1 Å². The number of hydrogen-bond acceptors (Lipinski definition) is 3. The third-order valence-electron chi connectivity index (χ3n) is 7.26. The number of alkyl halides is 6.